The molecule has 0 spiro atoms. The average molecular weight is 351 g/mol. The number of nitriles is 1. The van der Waals surface area contributed by atoms with E-state index in [1.807, 2.05) is 24.3 Å². The summed E-state index contributed by atoms with van der Waals surface area (Å²) < 4.78 is 7.41. The first-order valence-corrected chi connectivity index (χ1v) is 8.23. The number of aryl methyl sites for hydroxylation is 2. The summed E-state index contributed by atoms with van der Waals surface area (Å²) in [6.07, 6.45) is 2.19. The molecule has 3 aromatic rings. The van der Waals surface area contributed by atoms with Crippen molar-refractivity contribution in [2.75, 3.05) is 0 Å². The van der Waals surface area contributed by atoms with Gasteiger partial charge < -0.3 is 4.52 Å². The van der Waals surface area contributed by atoms with Crippen molar-refractivity contribution in [1.29, 1.82) is 5.26 Å². The average Bonchev–Trinajstić information content (AvgIpc) is 3.14. The van der Waals surface area contributed by atoms with Gasteiger partial charge in [-0.3, -0.25) is 9.36 Å². The highest BCUT2D eigenvalue weighted by Crippen LogP contribution is 2.17. The topological polar surface area (TPSA) is 107 Å². The van der Waals surface area contributed by atoms with Gasteiger partial charge in [0.25, 0.3) is 5.56 Å². The van der Waals surface area contributed by atoms with Crippen LogP contribution in [0.1, 0.15) is 30.9 Å². The lowest BCUT2D eigenvalue weighted by atomic mass is 10.1. The van der Waals surface area contributed by atoms with Crippen molar-refractivity contribution >= 4 is 0 Å². The smallest absolute Gasteiger partial charge is 0.331 e. The molecular weight excluding hydrogens is 334 g/mol. The van der Waals surface area contributed by atoms with Crippen molar-refractivity contribution in [1.82, 2.24) is 19.3 Å². The maximum atomic E-state index is 12.4. The molecule has 2 aromatic heterocycles. The number of rotatable bonds is 5. The van der Waals surface area contributed by atoms with Crippen LogP contribution in [0.4, 0.5) is 0 Å². The van der Waals surface area contributed by atoms with Crippen molar-refractivity contribution in [3.63, 3.8) is 0 Å². The third-order valence-electron chi connectivity index (χ3n) is 4.08. The molecule has 2 heterocycles. The van der Waals surface area contributed by atoms with E-state index in [9.17, 15) is 9.59 Å². The number of nitrogens with zero attached hydrogens (tertiary/aromatic N) is 5. The van der Waals surface area contributed by atoms with Crippen LogP contribution >= 0.6 is 0 Å². The molecule has 0 radical (unpaired) electrons. The summed E-state index contributed by atoms with van der Waals surface area (Å²) in [5.74, 6) is 0.500. The Kier molecular flexibility index (Phi) is 4.80. The van der Waals surface area contributed by atoms with Crippen molar-refractivity contribution in [2.45, 2.75) is 33.4 Å². The maximum Gasteiger partial charge on any atom is 0.331 e. The molecule has 8 heteroatoms. The second kappa shape index (κ2) is 7.19. The van der Waals surface area contributed by atoms with Crippen LogP contribution < -0.4 is 11.2 Å². The number of hydrogen-bond acceptors (Lipinski definition) is 6. The summed E-state index contributed by atoms with van der Waals surface area (Å²) in [6.45, 7) is 3.97. The monoisotopic (exact) mass is 351 g/mol. The Morgan fingerprint density at radius 1 is 1.19 bits per heavy atom. The van der Waals surface area contributed by atoms with Gasteiger partial charge in [0.1, 0.15) is 18.2 Å². The normalized spacial score (nSPS) is 10.7. The predicted molar refractivity (Wildman–Crippen MR) is 93.6 cm³/mol. The van der Waals surface area contributed by atoms with Gasteiger partial charge in [-0.1, -0.05) is 36.3 Å². The van der Waals surface area contributed by atoms with Crippen LogP contribution in [0.2, 0.25) is 0 Å². The maximum absolute atomic E-state index is 12.4. The van der Waals surface area contributed by atoms with E-state index in [0.29, 0.717) is 12.4 Å². The zero-order valence-corrected chi connectivity index (χ0v) is 14.5. The molecule has 0 aliphatic carbocycles. The van der Waals surface area contributed by atoms with Gasteiger partial charge in [-0.15, -0.1) is 0 Å². The van der Waals surface area contributed by atoms with E-state index in [0.717, 1.165) is 16.6 Å². The second-order valence-corrected chi connectivity index (χ2v) is 5.68. The first-order chi connectivity index (χ1) is 12.6. The standard InChI is InChI=1S/C18H17N5O3/c1-3-12-5-7-13(8-6-12)16-20-15(26-21-16)11-23-17(24)14(9-19)10-22(4-2)18(23)25/h5-8,10H,3-4,11H2,1-2H3. The van der Waals surface area contributed by atoms with E-state index < -0.39 is 11.2 Å². The highest BCUT2D eigenvalue weighted by atomic mass is 16.5. The third kappa shape index (κ3) is 3.19. The summed E-state index contributed by atoms with van der Waals surface area (Å²) >= 11 is 0. The molecule has 0 atom stereocenters. The van der Waals surface area contributed by atoms with Gasteiger partial charge in [-0.2, -0.15) is 10.2 Å². The minimum absolute atomic E-state index is 0.110. The Labute approximate surface area is 148 Å². The van der Waals surface area contributed by atoms with Crippen LogP contribution in [0.15, 0.2) is 44.6 Å². The fraction of sp³-hybridized carbons (Fsp3) is 0.278. The summed E-state index contributed by atoms with van der Waals surface area (Å²) in [5, 5.41) is 13.0. The predicted octanol–water partition coefficient (Wildman–Crippen LogP) is 1.56. The molecule has 1 aromatic carbocycles. The molecule has 0 fully saturated rings. The van der Waals surface area contributed by atoms with Crippen molar-refractivity contribution < 1.29 is 4.52 Å². The molecule has 0 unspecified atom stereocenters. The van der Waals surface area contributed by atoms with E-state index >= 15 is 0 Å². The SMILES string of the molecule is CCc1ccc(-c2noc(Cn3c(=O)c(C#N)cn(CC)c3=O)n2)cc1. The number of hydrogen-bond donors (Lipinski definition) is 0. The van der Waals surface area contributed by atoms with Gasteiger partial charge in [0.2, 0.25) is 11.7 Å². The minimum atomic E-state index is -0.672. The van der Waals surface area contributed by atoms with E-state index in [-0.39, 0.29) is 18.0 Å². The van der Waals surface area contributed by atoms with Crippen LogP contribution in [0.25, 0.3) is 11.4 Å². The highest BCUT2D eigenvalue weighted by molar-refractivity contribution is 5.54. The van der Waals surface area contributed by atoms with Gasteiger partial charge in [0.15, 0.2) is 0 Å². The van der Waals surface area contributed by atoms with Crippen molar-refractivity contribution in [3.05, 3.63) is 68.3 Å². The fourth-order valence-electron chi connectivity index (χ4n) is 2.56. The molecule has 0 saturated heterocycles. The van der Waals surface area contributed by atoms with Crippen LogP contribution in [-0.2, 0) is 19.5 Å². The van der Waals surface area contributed by atoms with Gasteiger partial charge in [-0.25, -0.2) is 9.36 Å². The third-order valence-corrected chi connectivity index (χ3v) is 4.08. The summed E-state index contributed by atoms with van der Waals surface area (Å²) in [6, 6.07) is 9.54. The fourth-order valence-corrected chi connectivity index (χ4v) is 2.56. The molecule has 3 rings (SSSR count). The molecule has 26 heavy (non-hydrogen) atoms. The Balaban J connectivity index is 1.96. The van der Waals surface area contributed by atoms with Crippen LogP contribution in [-0.4, -0.2) is 19.3 Å². The van der Waals surface area contributed by atoms with Gasteiger partial charge in [-0.05, 0) is 18.9 Å². The lowest BCUT2D eigenvalue weighted by Gasteiger charge is -2.07. The first-order valence-electron chi connectivity index (χ1n) is 8.23. The zero-order valence-electron chi connectivity index (χ0n) is 14.5. The molecule has 0 aliphatic rings. The summed E-state index contributed by atoms with van der Waals surface area (Å²) in [7, 11) is 0. The lowest BCUT2D eigenvalue weighted by Crippen LogP contribution is -2.41. The molecule has 0 N–H and O–H groups in total. The van der Waals surface area contributed by atoms with Gasteiger partial charge in [0, 0.05) is 18.3 Å². The van der Waals surface area contributed by atoms with Crippen molar-refractivity contribution in [2.24, 2.45) is 0 Å². The van der Waals surface area contributed by atoms with Gasteiger partial charge in [0.05, 0.1) is 0 Å². The summed E-state index contributed by atoms with van der Waals surface area (Å²) in [5.41, 5.74) is 0.665. The van der Waals surface area contributed by atoms with Crippen LogP contribution in [0.5, 0.6) is 0 Å². The van der Waals surface area contributed by atoms with E-state index in [2.05, 4.69) is 17.1 Å². The number of aromatic nitrogens is 4. The quantitative estimate of drug-likeness (QED) is 0.690. The van der Waals surface area contributed by atoms with E-state index in [1.54, 1.807) is 13.0 Å². The zero-order chi connectivity index (χ0) is 18.7. The molecule has 0 bridgehead atoms. The Hall–Kier alpha value is -3.47. The lowest BCUT2D eigenvalue weighted by molar-refractivity contribution is 0.365. The Morgan fingerprint density at radius 2 is 1.92 bits per heavy atom. The molecule has 132 valence electrons. The van der Waals surface area contributed by atoms with Crippen LogP contribution in [0, 0.1) is 11.3 Å². The van der Waals surface area contributed by atoms with Gasteiger partial charge >= 0.3 is 5.69 Å². The van der Waals surface area contributed by atoms with E-state index in [4.69, 9.17) is 9.78 Å². The van der Waals surface area contributed by atoms with Crippen LogP contribution in [0.3, 0.4) is 0 Å². The molecule has 0 amide bonds. The number of benzene rings is 1. The Bertz CT molecular complexity index is 1080. The molecule has 8 nitrogen and oxygen atoms in total. The molecule has 0 aliphatic heterocycles. The largest absolute Gasteiger partial charge is 0.337 e. The summed E-state index contributed by atoms with van der Waals surface area (Å²) in [4.78, 5) is 28.9. The molecule has 0 saturated carbocycles. The minimum Gasteiger partial charge on any atom is -0.337 e. The first kappa shape index (κ1) is 17.4. The molecular formula is C18H17N5O3. The second-order valence-electron chi connectivity index (χ2n) is 5.68. The highest BCUT2D eigenvalue weighted by Gasteiger charge is 2.15. The van der Waals surface area contributed by atoms with E-state index in [1.165, 1.54) is 16.3 Å². The Morgan fingerprint density at radius 3 is 2.54 bits per heavy atom. The van der Waals surface area contributed by atoms with Crippen molar-refractivity contribution in [3.8, 4) is 17.5 Å².